The molecular formula is C13H20ClN3O3S. The molecule has 8 heteroatoms. The Hall–Kier alpha value is -1.15. The van der Waals surface area contributed by atoms with Crippen LogP contribution in [0.4, 0.5) is 5.69 Å². The van der Waals surface area contributed by atoms with E-state index in [-0.39, 0.29) is 29.1 Å². The Morgan fingerprint density at radius 1 is 1.38 bits per heavy atom. The summed E-state index contributed by atoms with van der Waals surface area (Å²) in [5.41, 5.74) is 0.491. The minimum atomic E-state index is -3.50. The van der Waals surface area contributed by atoms with Crippen molar-refractivity contribution in [2.75, 3.05) is 25.5 Å². The number of carbonyl (C=O) groups is 1. The first kappa shape index (κ1) is 17.9. The van der Waals surface area contributed by atoms with Crippen molar-refractivity contribution in [1.82, 2.24) is 10.0 Å². The highest BCUT2D eigenvalue weighted by molar-refractivity contribution is 7.89. The largest absolute Gasteiger partial charge is 0.326 e. The predicted molar refractivity (Wildman–Crippen MR) is 84.1 cm³/mol. The first-order chi connectivity index (χ1) is 9.44. The molecule has 1 aliphatic heterocycles. The van der Waals surface area contributed by atoms with Crippen LogP contribution in [0.2, 0.25) is 0 Å². The van der Waals surface area contributed by atoms with Crippen LogP contribution in [0.5, 0.6) is 0 Å². The van der Waals surface area contributed by atoms with Crippen LogP contribution in [-0.2, 0) is 14.8 Å². The van der Waals surface area contributed by atoms with E-state index in [1.807, 2.05) is 6.92 Å². The smallest absolute Gasteiger partial charge is 0.240 e. The highest BCUT2D eigenvalue weighted by Crippen LogP contribution is 2.20. The van der Waals surface area contributed by atoms with E-state index in [4.69, 9.17) is 0 Å². The molecule has 1 heterocycles. The molecule has 1 saturated heterocycles. The van der Waals surface area contributed by atoms with Crippen LogP contribution in [0.3, 0.4) is 0 Å². The summed E-state index contributed by atoms with van der Waals surface area (Å²) in [5, 5.41) is 5.90. The lowest BCUT2D eigenvalue weighted by Gasteiger charge is -2.31. The van der Waals surface area contributed by atoms with E-state index in [9.17, 15) is 13.2 Å². The lowest BCUT2D eigenvalue weighted by molar-refractivity contribution is -0.121. The van der Waals surface area contributed by atoms with Gasteiger partial charge in [0.2, 0.25) is 15.9 Å². The molecule has 0 aliphatic carbocycles. The molecule has 2 rings (SSSR count). The number of sulfonamides is 1. The zero-order valence-corrected chi connectivity index (χ0v) is 13.6. The molecule has 21 heavy (non-hydrogen) atoms. The van der Waals surface area contributed by atoms with E-state index in [0.717, 1.165) is 13.1 Å². The summed E-state index contributed by atoms with van der Waals surface area (Å²) in [4.78, 5) is 12.2. The lowest BCUT2D eigenvalue weighted by atomic mass is 9.88. The van der Waals surface area contributed by atoms with Crippen molar-refractivity contribution < 1.29 is 13.2 Å². The van der Waals surface area contributed by atoms with Gasteiger partial charge in [0.25, 0.3) is 0 Å². The first-order valence-corrected chi connectivity index (χ1v) is 7.97. The second-order valence-corrected chi connectivity index (χ2v) is 6.82. The third-order valence-corrected chi connectivity index (χ3v) is 5.03. The van der Waals surface area contributed by atoms with Gasteiger partial charge in [-0.2, -0.15) is 0 Å². The molecule has 3 N–H and O–H groups in total. The molecule has 1 unspecified atom stereocenters. The standard InChI is InChI=1S/C13H19N3O3S.ClH/c1-9(10-7-15-8-10)13(17)16-11-4-3-5-12(6-11)20(18,19)14-2;/h3-6,9-10,14-15H,7-8H2,1-2H3,(H,16,17);1H. The van der Waals surface area contributed by atoms with Crippen LogP contribution >= 0.6 is 12.4 Å². The molecule has 1 aromatic rings. The summed E-state index contributed by atoms with van der Waals surface area (Å²) in [7, 11) is -2.14. The van der Waals surface area contributed by atoms with Crippen molar-refractivity contribution in [2.45, 2.75) is 11.8 Å². The molecule has 1 fully saturated rings. The van der Waals surface area contributed by atoms with E-state index in [2.05, 4.69) is 15.4 Å². The van der Waals surface area contributed by atoms with Crippen molar-refractivity contribution in [3.05, 3.63) is 24.3 Å². The lowest BCUT2D eigenvalue weighted by Crippen LogP contribution is -2.48. The van der Waals surface area contributed by atoms with Crippen molar-refractivity contribution in [3.8, 4) is 0 Å². The minimum absolute atomic E-state index is 0. The van der Waals surface area contributed by atoms with E-state index in [1.165, 1.54) is 19.2 Å². The highest BCUT2D eigenvalue weighted by Gasteiger charge is 2.28. The first-order valence-electron chi connectivity index (χ1n) is 6.49. The van der Waals surface area contributed by atoms with E-state index in [1.54, 1.807) is 12.1 Å². The molecule has 0 bridgehead atoms. The quantitative estimate of drug-likeness (QED) is 0.744. The van der Waals surface area contributed by atoms with Crippen LogP contribution in [-0.4, -0.2) is 34.5 Å². The van der Waals surface area contributed by atoms with E-state index in [0.29, 0.717) is 11.6 Å². The molecule has 0 spiro atoms. The highest BCUT2D eigenvalue weighted by atomic mass is 35.5. The van der Waals surface area contributed by atoms with Gasteiger partial charge in [-0.1, -0.05) is 13.0 Å². The van der Waals surface area contributed by atoms with Gasteiger partial charge in [-0.25, -0.2) is 13.1 Å². The maximum absolute atomic E-state index is 12.1. The van der Waals surface area contributed by atoms with Crippen LogP contribution in [0.25, 0.3) is 0 Å². The second kappa shape index (κ2) is 7.22. The molecule has 0 radical (unpaired) electrons. The van der Waals surface area contributed by atoms with Gasteiger partial charge in [-0.15, -0.1) is 12.4 Å². The number of halogens is 1. The zero-order valence-electron chi connectivity index (χ0n) is 11.9. The third-order valence-electron chi connectivity index (χ3n) is 3.61. The Labute approximate surface area is 131 Å². The third kappa shape index (κ3) is 4.16. The van der Waals surface area contributed by atoms with Gasteiger partial charge in [0.1, 0.15) is 0 Å². The molecular weight excluding hydrogens is 314 g/mol. The van der Waals surface area contributed by atoms with Gasteiger partial charge in [-0.05, 0) is 44.3 Å². The Kier molecular flexibility index (Phi) is 6.15. The number of carbonyl (C=O) groups excluding carboxylic acids is 1. The van der Waals surface area contributed by atoms with Gasteiger partial charge >= 0.3 is 0 Å². The fourth-order valence-electron chi connectivity index (χ4n) is 1.99. The maximum atomic E-state index is 12.1. The fraction of sp³-hybridized carbons (Fsp3) is 0.462. The summed E-state index contributed by atoms with van der Waals surface area (Å²) in [6.45, 7) is 3.58. The molecule has 118 valence electrons. The molecule has 1 aromatic carbocycles. The maximum Gasteiger partial charge on any atom is 0.240 e. The van der Waals surface area contributed by atoms with E-state index < -0.39 is 10.0 Å². The fourth-order valence-corrected chi connectivity index (χ4v) is 2.77. The summed E-state index contributed by atoms with van der Waals surface area (Å²) in [5.74, 6) is 0.163. The molecule has 6 nitrogen and oxygen atoms in total. The van der Waals surface area contributed by atoms with Crippen LogP contribution in [0, 0.1) is 11.8 Å². The summed E-state index contributed by atoms with van der Waals surface area (Å²) < 4.78 is 25.7. The molecule has 1 atom stereocenters. The predicted octanol–water partition coefficient (Wildman–Crippen LogP) is 0.810. The molecule has 0 aromatic heterocycles. The van der Waals surface area contributed by atoms with Gasteiger partial charge in [0, 0.05) is 11.6 Å². The monoisotopic (exact) mass is 333 g/mol. The van der Waals surface area contributed by atoms with Gasteiger partial charge in [0.05, 0.1) is 4.90 Å². The summed E-state index contributed by atoms with van der Waals surface area (Å²) in [6.07, 6.45) is 0. The number of amides is 1. The number of hydrogen-bond donors (Lipinski definition) is 3. The van der Waals surface area contributed by atoms with Crippen LogP contribution in [0.15, 0.2) is 29.2 Å². The topological polar surface area (TPSA) is 87.3 Å². The number of benzene rings is 1. The zero-order chi connectivity index (χ0) is 14.8. The van der Waals surface area contributed by atoms with Gasteiger partial charge in [-0.3, -0.25) is 4.79 Å². The number of rotatable bonds is 5. The summed E-state index contributed by atoms with van der Waals surface area (Å²) >= 11 is 0. The van der Waals surface area contributed by atoms with Crippen LogP contribution < -0.4 is 15.4 Å². The Bertz CT molecular complexity index is 602. The van der Waals surface area contributed by atoms with Gasteiger partial charge < -0.3 is 10.6 Å². The Balaban J connectivity index is 0.00000220. The van der Waals surface area contributed by atoms with Crippen molar-refractivity contribution in [1.29, 1.82) is 0 Å². The molecule has 0 saturated carbocycles. The van der Waals surface area contributed by atoms with Crippen LogP contribution in [0.1, 0.15) is 6.92 Å². The van der Waals surface area contributed by atoms with Crippen molar-refractivity contribution >= 4 is 34.0 Å². The SMILES string of the molecule is CNS(=O)(=O)c1cccc(NC(=O)C(C)C2CNC2)c1.Cl. The van der Waals surface area contributed by atoms with Gasteiger partial charge in [0.15, 0.2) is 0 Å². The second-order valence-electron chi connectivity index (χ2n) is 4.93. The average Bonchev–Trinajstić information content (AvgIpc) is 2.37. The molecule has 1 aliphatic rings. The molecule has 1 amide bonds. The normalized spacial score (nSPS) is 16.5. The van der Waals surface area contributed by atoms with E-state index >= 15 is 0 Å². The summed E-state index contributed by atoms with van der Waals surface area (Å²) in [6, 6.07) is 6.23. The minimum Gasteiger partial charge on any atom is -0.326 e. The Morgan fingerprint density at radius 3 is 2.57 bits per heavy atom. The number of hydrogen-bond acceptors (Lipinski definition) is 4. The number of anilines is 1. The Morgan fingerprint density at radius 2 is 2.05 bits per heavy atom. The van der Waals surface area contributed by atoms with Crippen molar-refractivity contribution in [2.24, 2.45) is 11.8 Å². The number of nitrogens with one attached hydrogen (secondary N) is 3. The van der Waals surface area contributed by atoms with Crippen molar-refractivity contribution in [3.63, 3.8) is 0 Å². The average molecular weight is 334 g/mol.